The van der Waals surface area contributed by atoms with Crippen molar-refractivity contribution < 1.29 is 0 Å². The Morgan fingerprint density at radius 2 is 2.06 bits per heavy atom. The van der Waals surface area contributed by atoms with Gasteiger partial charge in [0.25, 0.3) is 0 Å². The minimum Gasteiger partial charge on any atom is -0.304 e. The van der Waals surface area contributed by atoms with Gasteiger partial charge >= 0.3 is 0 Å². The van der Waals surface area contributed by atoms with E-state index in [2.05, 4.69) is 16.3 Å². The number of nitrogens with one attached hydrogen (secondary N) is 1. The van der Waals surface area contributed by atoms with Crippen molar-refractivity contribution in [2.45, 2.75) is 50.6 Å². The lowest BCUT2D eigenvalue weighted by Crippen LogP contribution is -2.43. The number of nitrogens with zero attached hydrogens (tertiary/aromatic N) is 2. The van der Waals surface area contributed by atoms with Crippen molar-refractivity contribution in [1.82, 2.24) is 10.2 Å². The molecule has 2 aliphatic rings. The van der Waals surface area contributed by atoms with Gasteiger partial charge in [-0.15, -0.1) is 0 Å². The third-order valence-electron chi connectivity index (χ3n) is 4.28. The highest BCUT2D eigenvalue weighted by Gasteiger charge is 2.33. The summed E-state index contributed by atoms with van der Waals surface area (Å²) in [6, 6.07) is 3.11. The molecule has 0 aromatic rings. The van der Waals surface area contributed by atoms with E-state index in [1.165, 1.54) is 45.1 Å². The summed E-state index contributed by atoms with van der Waals surface area (Å²) in [5.74, 6) is 0.915. The normalized spacial score (nSPS) is 29.4. The molecule has 3 heteroatoms. The van der Waals surface area contributed by atoms with Crippen LogP contribution in [0.2, 0.25) is 0 Å². The summed E-state index contributed by atoms with van der Waals surface area (Å²) < 4.78 is 0. The Labute approximate surface area is 98.8 Å². The van der Waals surface area contributed by atoms with Crippen LogP contribution in [0.25, 0.3) is 0 Å². The average Bonchev–Trinajstić information content (AvgIpc) is 2.95. The maximum absolute atomic E-state index is 9.00. The van der Waals surface area contributed by atoms with E-state index >= 15 is 0 Å². The predicted octanol–water partition coefficient (Wildman–Crippen LogP) is 1.75. The molecule has 16 heavy (non-hydrogen) atoms. The van der Waals surface area contributed by atoms with Crippen LogP contribution >= 0.6 is 0 Å². The lowest BCUT2D eigenvalue weighted by atomic mass is 9.96. The lowest BCUT2D eigenvalue weighted by Gasteiger charge is -2.30. The highest BCUT2D eigenvalue weighted by atomic mass is 15.2. The summed E-state index contributed by atoms with van der Waals surface area (Å²) in [5, 5.41) is 12.1. The second-order valence-corrected chi connectivity index (χ2v) is 5.22. The van der Waals surface area contributed by atoms with Gasteiger partial charge < -0.3 is 5.32 Å². The molecule has 2 fully saturated rings. The minimum absolute atomic E-state index is 0.00185. The monoisotopic (exact) mass is 221 g/mol. The Hall–Kier alpha value is -0.590. The Morgan fingerprint density at radius 3 is 2.69 bits per heavy atom. The number of nitriles is 1. The Morgan fingerprint density at radius 1 is 1.31 bits per heavy atom. The first kappa shape index (κ1) is 11.9. The summed E-state index contributed by atoms with van der Waals surface area (Å²) >= 11 is 0. The zero-order valence-corrected chi connectivity index (χ0v) is 10.3. The summed E-state index contributed by atoms with van der Waals surface area (Å²) in [7, 11) is 1.88. The fraction of sp³-hybridized carbons (Fsp3) is 0.923. The van der Waals surface area contributed by atoms with Crippen LogP contribution in [-0.2, 0) is 0 Å². The molecule has 0 aromatic carbocycles. The summed E-state index contributed by atoms with van der Waals surface area (Å²) in [4.78, 5) is 2.56. The molecule has 0 amide bonds. The molecule has 3 nitrogen and oxygen atoms in total. The molecule has 2 atom stereocenters. The fourth-order valence-corrected chi connectivity index (χ4v) is 3.39. The summed E-state index contributed by atoms with van der Waals surface area (Å²) in [5.41, 5.74) is 0. The SMILES string of the molecule is CNC(C#N)CN1CCCC1C1CCCC1. The molecule has 1 aliphatic heterocycles. The number of likely N-dealkylation sites (tertiary alicyclic amines) is 1. The van der Waals surface area contributed by atoms with Crippen molar-refractivity contribution >= 4 is 0 Å². The van der Waals surface area contributed by atoms with Crippen LogP contribution in [0, 0.1) is 17.2 Å². The molecule has 2 rings (SSSR count). The molecule has 0 aromatic heterocycles. The molecular formula is C13H23N3. The van der Waals surface area contributed by atoms with Crippen molar-refractivity contribution in [2.24, 2.45) is 5.92 Å². The first-order valence-corrected chi connectivity index (χ1v) is 6.66. The average molecular weight is 221 g/mol. The molecule has 90 valence electrons. The van der Waals surface area contributed by atoms with Crippen LogP contribution in [0.4, 0.5) is 0 Å². The Kier molecular flexibility index (Phi) is 4.20. The van der Waals surface area contributed by atoms with Gasteiger partial charge in [0, 0.05) is 12.6 Å². The van der Waals surface area contributed by atoms with E-state index in [1.54, 1.807) is 0 Å². The molecular weight excluding hydrogens is 198 g/mol. The van der Waals surface area contributed by atoms with Gasteiger partial charge in [0.1, 0.15) is 6.04 Å². The van der Waals surface area contributed by atoms with E-state index in [9.17, 15) is 0 Å². The molecule has 0 spiro atoms. The number of rotatable bonds is 4. The van der Waals surface area contributed by atoms with Gasteiger partial charge in [-0.2, -0.15) is 5.26 Å². The summed E-state index contributed by atoms with van der Waals surface area (Å²) in [6.07, 6.45) is 8.34. The second-order valence-electron chi connectivity index (χ2n) is 5.22. The molecule has 0 bridgehead atoms. The summed E-state index contributed by atoms with van der Waals surface area (Å²) in [6.45, 7) is 2.11. The molecule has 1 aliphatic carbocycles. The van der Waals surface area contributed by atoms with Gasteiger partial charge in [0.05, 0.1) is 6.07 Å². The van der Waals surface area contributed by atoms with E-state index < -0.39 is 0 Å². The molecule has 1 N–H and O–H groups in total. The largest absolute Gasteiger partial charge is 0.304 e. The van der Waals surface area contributed by atoms with Crippen molar-refractivity contribution in [3.05, 3.63) is 0 Å². The van der Waals surface area contributed by atoms with Crippen molar-refractivity contribution in [3.8, 4) is 6.07 Å². The van der Waals surface area contributed by atoms with Crippen molar-refractivity contribution in [1.29, 1.82) is 5.26 Å². The van der Waals surface area contributed by atoms with Gasteiger partial charge in [-0.05, 0) is 45.2 Å². The molecule has 1 saturated heterocycles. The van der Waals surface area contributed by atoms with Gasteiger partial charge in [0.2, 0.25) is 0 Å². The topological polar surface area (TPSA) is 39.1 Å². The number of hydrogen-bond donors (Lipinski definition) is 1. The molecule has 1 saturated carbocycles. The Balaban J connectivity index is 1.90. The number of likely N-dealkylation sites (N-methyl/N-ethyl adjacent to an activating group) is 1. The van der Waals surface area contributed by atoms with Crippen molar-refractivity contribution in [3.63, 3.8) is 0 Å². The predicted molar refractivity (Wildman–Crippen MR) is 65.0 cm³/mol. The van der Waals surface area contributed by atoms with Crippen molar-refractivity contribution in [2.75, 3.05) is 20.1 Å². The quantitative estimate of drug-likeness (QED) is 0.786. The first-order chi connectivity index (χ1) is 7.85. The maximum Gasteiger partial charge on any atom is 0.108 e. The van der Waals surface area contributed by atoms with Gasteiger partial charge in [0.15, 0.2) is 0 Å². The van der Waals surface area contributed by atoms with Gasteiger partial charge in [-0.1, -0.05) is 12.8 Å². The van der Waals surface area contributed by atoms with Crippen LogP contribution in [0.5, 0.6) is 0 Å². The van der Waals surface area contributed by atoms with E-state index in [1.807, 2.05) is 7.05 Å². The lowest BCUT2D eigenvalue weighted by molar-refractivity contribution is 0.183. The van der Waals surface area contributed by atoms with Gasteiger partial charge in [-0.25, -0.2) is 0 Å². The van der Waals surface area contributed by atoms with Crippen LogP contribution in [0.1, 0.15) is 38.5 Å². The Bertz CT molecular complexity index is 252. The molecule has 0 radical (unpaired) electrons. The van der Waals surface area contributed by atoms with E-state index in [0.29, 0.717) is 0 Å². The standard InChI is InChI=1S/C13H23N3/c1-15-12(9-14)10-16-8-4-7-13(16)11-5-2-3-6-11/h11-13,15H,2-8,10H2,1H3. The first-order valence-electron chi connectivity index (χ1n) is 6.66. The number of hydrogen-bond acceptors (Lipinski definition) is 3. The highest BCUT2D eigenvalue weighted by Crippen LogP contribution is 2.35. The minimum atomic E-state index is 0.00185. The van der Waals surface area contributed by atoms with E-state index in [4.69, 9.17) is 5.26 Å². The van der Waals surface area contributed by atoms with E-state index in [0.717, 1.165) is 18.5 Å². The zero-order valence-electron chi connectivity index (χ0n) is 10.3. The van der Waals surface area contributed by atoms with Crippen LogP contribution in [0.3, 0.4) is 0 Å². The van der Waals surface area contributed by atoms with Gasteiger partial charge in [-0.3, -0.25) is 4.90 Å². The van der Waals surface area contributed by atoms with Crippen LogP contribution < -0.4 is 5.32 Å². The molecule has 1 heterocycles. The molecule has 2 unspecified atom stereocenters. The van der Waals surface area contributed by atoms with E-state index in [-0.39, 0.29) is 6.04 Å². The zero-order chi connectivity index (χ0) is 11.4. The van der Waals surface area contributed by atoms with Crippen LogP contribution in [0.15, 0.2) is 0 Å². The third kappa shape index (κ3) is 2.56. The maximum atomic E-state index is 9.00. The highest BCUT2D eigenvalue weighted by molar-refractivity contribution is 4.95. The van der Waals surface area contributed by atoms with Crippen LogP contribution in [-0.4, -0.2) is 37.1 Å². The smallest absolute Gasteiger partial charge is 0.108 e. The fourth-order valence-electron chi connectivity index (χ4n) is 3.39. The second kappa shape index (κ2) is 5.65. The third-order valence-corrected chi connectivity index (χ3v) is 4.28.